The summed E-state index contributed by atoms with van der Waals surface area (Å²) in [7, 11) is 0. The fourth-order valence-corrected chi connectivity index (χ4v) is 3.78. The first kappa shape index (κ1) is 26.9. The van der Waals surface area contributed by atoms with E-state index in [0.29, 0.717) is 6.54 Å². The fourth-order valence-electron chi connectivity index (χ4n) is 3.78. The monoisotopic (exact) mass is 467 g/mol. The van der Waals surface area contributed by atoms with Crippen LogP contribution in [0.4, 0.5) is 4.79 Å². The maximum absolute atomic E-state index is 13.5. The van der Waals surface area contributed by atoms with Gasteiger partial charge in [0.25, 0.3) is 0 Å². The zero-order valence-electron chi connectivity index (χ0n) is 21.3. The first-order valence-electron chi connectivity index (χ1n) is 11.6. The minimum Gasteiger partial charge on any atom is -0.444 e. The van der Waals surface area contributed by atoms with E-state index in [9.17, 15) is 14.4 Å². The molecule has 0 aliphatic heterocycles. The molecule has 3 amide bonds. The van der Waals surface area contributed by atoms with Crippen LogP contribution in [0.3, 0.4) is 0 Å². The quantitative estimate of drug-likeness (QED) is 0.602. The zero-order chi connectivity index (χ0) is 25.5. The lowest BCUT2D eigenvalue weighted by Gasteiger charge is -2.33. The summed E-state index contributed by atoms with van der Waals surface area (Å²) in [6, 6.07) is 13.7. The van der Waals surface area contributed by atoms with E-state index in [4.69, 9.17) is 4.74 Å². The molecule has 0 bridgehead atoms. The lowest BCUT2D eigenvalue weighted by atomic mass is 9.98. The summed E-state index contributed by atoms with van der Waals surface area (Å²) >= 11 is 0. The summed E-state index contributed by atoms with van der Waals surface area (Å²) in [5.74, 6) is -0.652. The van der Waals surface area contributed by atoms with Crippen LogP contribution in [0, 0.1) is 13.8 Å². The molecular formula is C27H37N3O4. The highest BCUT2D eigenvalue weighted by Crippen LogP contribution is 2.25. The van der Waals surface area contributed by atoms with Crippen molar-refractivity contribution in [3.05, 3.63) is 70.8 Å². The molecule has 7 nitrogen and oxygen atoms in total. The SMILES string of the molecule is CCN(C(=O)C(C)NC(=O)OC(C)(C)C)C(C(=O)NCc1ccccc1)c1cc(C)cc(C)c1. The summed E-state index contributed by atoms with van der Waals surface area (Å²) in [4.78, 5) is 40.6. The number of aryl methyl sites for hydroxylation is 2. The van der Waals surface area contributed by atoms with Crippen LogP contribution in [0.2, 0.25) is 0 Å². The van der Waals surface area contributed by atoms with Crippen molar-refractivity contribution in [3.8, 4) is 0 Å². The maximum atomic E-state index is 13.5. The van der Waals surface area contributed by atoms with Gasteiger partial charge in [-0.3, -0.25) is 9.59 Å². The predicted octanol–water partition coefficient (Wildman–Crippen LogP) is 4.42. The van der Waals surface area contributed by atoms with Crippen LogP contribution in [0.5, 0.6) is 0 Å². The average Bonchev–Trinajstić information content (AvgIpc) is 2.73. The second-order valence-electron chi connectivity index (χ2n) is 9.52. The molecule has 0 aromatic heterocycles. The average molecular weight is 468 g/mol. The van der Waals surface area contributed by atoms with Gasteiger partial charge in [0.1, 0.15) is 17.7 Å². The van der Waals surface area contributed by atoms with Crippen LogP contribution in [-0.4, -0.2) is 41.0 Å². The summed E-state index contributed by atoms with van der Waals surface area (Å²) in [5, 5.41) is 5.56. The lowest BCUT2D eigenvalue weighted by molar-refractivity contribution is -0.142. The van der Waals surface area contributed by atoms with Crippen LogP contribution in [0.15, 0.2) is 48.5 Å². The van der Waals surface area contributed by atoms with E-state index in [1.54, 1.807) is 27.7 Å². The molecule has 0 aliphatic rings. The van der Waals surface area contributed by atoms with Crippen LogP contribution < -0.4 is 10.6 Å². The van der Waals surface area contributed by atoms with Crippen molar-refractivity contribution in [3.63, 3.8) is 0 Å². The molecule has 0 saturated heterocycles. The third-order valence-electron chi connectivity index (χ3n) is 5.16. The predicted molar refractivity (Wildman–Crippen MR) is 133 cm³/mol. The molecule has 184 valence electrons. The molecule has 0 saturated carbocycles. The molecular weight excluding hydrogens is 430 g/mol. The van der Waals surface area contributed by atoms with Crippen molar-refractivity contribution in [1.82, 2.24) is 15.5 Å². The molecule has 0 spiro atoms. The number of nitrogens with zero attached hydrogens (tertiary/aromatic N) is 1. The highest BCUT2D eigenvalue weighted by Gasteiger charge is 2.34. The molecule has 0 radical (unpaired) electrons. The number of rotatable bonds is 8. The first-order chi connectivity index (χ1) is 15.9. The minimum atomic E-state index is -0.870. The van der Waals surface area contributed by atoms with Gasteiger partial charge < -0.3 is 20.3 Å². The van der Waals surface area contributed by atoms with E-state index in [0.717, 1.165) is 22.3 Å². The van der Waals surface area contributed by atoms with Crippen LogP contribution >= 0.6 is 0 Å². The van der Waals surface area contributed by atoms with Crippen molar-refractivity contribution in [2.75, 3.05) is 6.54 Å². The van der Waals surface area contributed by atoms with E-state index in [-0.39, 0.29) is 18.4 Å². The van der Waals surface area contributed by atoms with E-state index in [2.05, 4.69) is 10.6 Å². The van der Waals surface area contributed by atoms with Gasteiger partial charge >= 0.3 is 6.09 Å². The molecule has 2 aromatic rings. The van der Waals surface area contributed by atoms with Gasteiger partial charge in [-0.15, -0.1) is 0 Å². The van der Waals surface area contributed by atoms with Crippen molar-refractivity contribution in [2.24, 2.45) is 0 Å². The smallest absolute Gasteiger partial charge is 0.408 e. The van der Waals surface area contributed by atoms with Gasteiger partial charge in [0, 0.05) is 13.1 Å². The van der Waals surface area contributed by atoms with Crippen molar-refractivity contribution < 1.29 is 19.1 Å². The molecule has 0 heterocycles. The number of carbonyl (C=O) groups excluding carboxylic acids is 3. The summed E-state index contributed by atoms with van der Waals surface area (Å²) in [5.41, 5.74) is 3.00. The van der Waals surface area contributed by atoms with E-state index < -0.39 is 23.8 Å². The number of amides is 3. The highest BCUT2D eigenvalue weighted by molar-refractivity contribution is 5.92. The normalized spacial score (nSPS) is 12.9. The van der Waals surface area contributed by atoms with E-state index in [1.807, 2.05) is 69.3 Å². The second kappa shape index (κ2) is 11.7. The number of ether oxygens (including phenoxy) is 1. The molecule has 34 heavy (non-hydrogen) atoms. The number of hydrogen-bond donors (Lipinski definition) is 2. The fraction of sp³-hybridized carbons (Fsp3) is 0.444. The third-order valence-corrected chi connectivity index (χ3v) is 5.16. The Morgan fingerprint density at radius 3 is 2.12 bits per heavy atom. The first-order valence-corrected chi connectivity index (χ1v) is 11.6. The van der Waals surface area contributed by atoms with E-state index in [1.165, 1.54) is 4.90 Å². The van der Waals surface area contributed by atoms with Crippen LogP contribution in [0.1, 0.15) is 62.9 Å². The minimum absolute atomic E-state index is 0.284. The number of carbonyl (C=O) groups is 3. The Balaban J connectivity index is 2.31. The second-order valence-corrected chi connectivity index (χ2v) is 9.52. The lowest BCUT2D eigenvalue weighted by Crippen LogP contribution is -2.51. The Labute approximate surface area is 202 Å². The highest BCUT2D eigenvalue weighted by atomic mass is 16.6. The van der Waals surface area contributed by atoms with E-state index >= 15 is 0 Å². The topological polar surface area (TPSA) is 87.7 Å². The largest absolute Gasteiger partial charge is 0.444 e. The molecule has 2 N–H and O–H groups in total. The van der Waals surface area contributed by atoms with Gasteiger partial charge in [0.15, 0.2) is 0 Å². The molecule has 0 fully saturated rings. The van der Waals surface area contributed by atoms with Gasteiger partial charge in [0.05, 0.1) is 0 Å². The summed E-state index contributed by atoms with van der Waals surface area (Å²) in [6.07, 6.45) is -0.680. The molecule has 0 aliphatic carbocycles. The Kier molecular flexibility index (Phi) is 9.24. The molecule has 2 unspecified atom stereocenters. The molecule has 2 atom stereocenters. The number of alkyl carbamates (subject to hydrolysis) is 1. The molecule has 7 heteroatoms. The van der Waals surface area contributed by atoms with Crippen molar-refractivity contribution in [1.29, 1.82) is 0 Å². The Morgan fingerprint density at radius 2 is 1.59 bits per heavy atom. The van der Waals surface area contributed by atoms with Crippen LogP contribution in [0.25, 0.3) is 0 Å². The van der Waals surface area contributed by atoms with Gasteiger partial charge in [0.2, 0.25) is 11.8 Å². The Bertz CT molecular complexity index is 978. The van der Waals surface area contributed by atoms with Crippen molar-refractivity contribution >= 4 is 17.9 Å². The number of likely N-dealkylation sites (N-methyl/N-ethyl adjacent to an activating group) is 1. The third kappa shape index (κ3) is 7.90. The van der Waals surface area contributed by atoms with Gasteiger partial charge in [-0.05, 0) is 59.6 Å². The zero-order valence-corrected chi connectivity index (χ0v) is 21.3. The Hall–Kier alpha value is -3.35. The van der Waals surface area contributed by atoms with Gasteiger partial charge in [-0.2, -0.15) is 0 Å². The number of hydrogen-bond acceptors (Lipinski definition) is 4. The van der Waals surface area contributed by atoms with Gasteiger partial charge in [-0.25, -0.2) is 4.79 Å². The number of nitrogens with one attached hydrogen (secondary N) is 2. The van der Waals surface area contributed by atoms with Crippen LogP contribution in [-0.2, 0) is 20.9 Å². The summed E-state index contributed by atoms with van der Waals surface area (Å²) in [6.45, 7) is 13.2. The molecule has 2 aromatic carbocycles. The maximum Gasteiger partial charge on any atom is 0.408 e. The number of benzene rings is 2. The standard InChI is InChI=1S/C27H37N3O4/c1-8-30(25(32)20(4)29-26(33)34-27(5,6)7)23(22-15-18(2)14-19(3)16-22)24(31)28-17-21-12-10-9-11-13-21/h9-16,20,23H,8,17H2,1-7H3,(H,28,31)(H,29,33). The molecule has 2 rings (SSSR count). The Morgan fingerprint density at radius 1 is 1.00 bits per heavy atom. The van der Waals surface area contributed by atoms with Gasteiger partial charge in [-0.1, -0.05) is 59.7 Å². The summed E-state index contributed by atoms with van der Waals surface area (Å²) < 4.78 is 5.28. The van der Waals surface area contributed by atoms with Crippen molar-refractivity contribution in [2.45, 2.75) is 72.7 Å².